The van der Waals surface area contributed by atoms with E-state index in [1.807, 2.05) is 0 Å². The first-order valence-electron chi connectivity index (χ1n) is 4.84. The second kappa shape index (κ2) is 4.09. The Hall–Kier alpha value is -2.24. The minimum Gasteiger partial charge on any atom is -0.397 e. The molecule has 0 saturated carbocycles. The zero-order valence-electron chi connectivity index (χ0n) is 8.90. The minimum absolute atomic E-state index is 0.117. The van der Waals surface area contributed by atoms with E-state index >= 15 is 0 Å². The number of aromatic amines is 2. The quantitative estimate of drug-likeness (QED) is 0.705. The van der Waals surface area contributed by atoms with Gasteiger partial charge < -0.3 is 20.6 Å². The van der Waals surface area contributed by atoms with Crippen LogP contribution in [0.3, 0.4) is 0 Å². The molecular formula is C10H13N5O. The van der Waals surface area contributed by atoms with Gasteiger partial charge in [-0.2, -0.15) is 0 Å². The first-order chi connectivity index (χ1) is 7.66. The summed E-state index contributed by atoms with van der Waals surface area (Å²) in [4.78, 5) is 23.3. The average molecular weight is 219 g/mol. The highest BCUT2D eigenvalue weighted by atomic mass is 16.2. The van der Waals surface area contributed by atoms with Gasteiger partial charge in [-0.1, -0.05) is 0 Å². The maximum atomic E-state index is 11.9. The van der Waals surface area contributed by atoms with Gasteiger partial charge >= 0.3 is 0 Å². The number of carbonyl (C=O) groups excluding carboxylic acids is 1. The van der Waals surface area contributed by atoms with E-state index in [0.29, 0.717) is 17.9 Å². The number of hydrogen-bond donors (Lipinski definition) is 3. The van der Waals surface area contributed by atoms with Crippen molar-refractivity contribution in [3.63, 3.8) is 0 Å². The monoisotopic (exact) mass is 219 g/mol. The van der Waals surface area contributed by atoms with Crippen LogP contribution >= 0.6 is 0 Å². The molecule has 0 atom stereocenters. The fourth-order valence-corrected chi connectivity index (χ4v) is 1.42. The van der Waals surface area contributed by atoms with Crippen molar-refractivity contribution in [1.29, 1.82) is 0 Å². The van der Waals surface area contributed by atoms with E-state index in [4.69, 9.17) is 5.73 Å². The predicted octanol–water partition coefficient (Wildman–Crippen LogP) is 0.592. The normalized spacial score (nSPS) is 10.3. The van der Waals surface area contributed by atoms with Crippen molar-refractivity contribution in [3.05, 3.63) is 36.2 Å². The molecule has 0 aromatic carbocycles. The molecule has 2 aromatic heterocycles. The SMILES string of the molecule is CN(Cc1ncc[nH]1)C(=O)c1cc(N)c[nH]1. The molecule has 84 valence electrons. The molecule has 6 heteroatoms. The number of carbonyl (C=O) groups is 1. The van der Waals surface area contributed by atoms with E-state index in [1.165, 1.54) is 0 Å². The van der Waals surface area contributed by atoms with Crippen LogP contribution in [-0.2, 0) is 6.54 Å². The Morgan fingerprint density at radius 2 is 2.38 bits per heavy atom. The summed E-state index contributed by atoms with van der Waals surface area (Å²) in [7, 11) is 1.71. The van der Waals surface area contributed by atoms with Crippen molar-refractivity contribution >= 4 is 11.6 Å². The Morgan fingerprint density at radius 1 is 1.56 bits per heavy atom. The lowest BCUT2D eigenvalue weighted by Crippen LogP contribution is -2.26. The molecule has 2 aromatic rings. The van der Waals surface area contributed by atoms with Crippen LogP contribution in [0.4, 0.5) is 5.69 Å². The summed E-state index contributed by atoms with van der Waals surface area (Å²) in [6.07, 6.45) is 4.97. The molecule has 0 bridgehead atoms. The summed E-state index contributed by atoms with van der Waals surface area (Å²) < 4.78 is 0. The van der Waals surface area contributed by atoms with E-state index in [0.717, 1.165) is 5.82 Å². The number of nitrogens with zero attached hydrogens (tertiary/aromatic N) is 2. The van der Waals surface area contributed by atoms with Gasteiger partial charge in [0.25, 0.3) is 5.91 Å². The van der Waals surface area contributed by atoms with Crippen LogP contribution in [-0.4, -0.2) is 32.8 Å². The van der Waals surface area contributed by atoms with E-state index in [1.54, 1.807) is 36.6 Å². The third kappa shape index (κ3) is 2.05. The lowest BCUT2D eigenvalue weighted by molar-refractivity contribution is 0.0777. The molecule has 0 spiro atoms. The molecule has 2 rings (SSSR count). The van der Waals surface area contributed by atoms with Gasteiger partial charge in [-0.25, -0.2) is 4.98 Å². The largest absolute Gasteiger partial charge is 0.397 e. The average Bonchev–Trinajstić information content (AvgIpc) is 2.88. The fraction of sp³-hybridized carbons (Fsp3) is 0.200. The van der Waals surface area contributed by atoms with Gasteiger partial charge in [0.1, 0.15) is 11.5 Å². The maximum Gasteiger partial charge on any atom is 0.270 e. The Morgan fingerprint density at radius 3 is 2.94 bits per heavy atom. The number of nitrogens with one attached hydrogen (secondary N) is 2. The van der Waals surface area contributed by atoms with Gasteiger partial charge in [0.2, 0.25) is 0 Å². The standard InChI is InChI=1S/C10H13N5O/c1-15(6-9-12-2-3-13-9)10(16)8-4-7(11)5-14-8/h2-5,14H,6,11H2,1H3,(H,12,13). The summed E-state index contributed by atoms with van der Waals surface area (Å²) in [5.41, 5.74) is 6.56. The number of nitrogen functional groups attached to an aromatic ring is 1. The number of imidazole rings is 1. The van der Waals surface area contributed by atoms with Crippen LogP contribution in [0.25, 0.3) is 0 Å². The predicted molar refractivity (Wildman–Crippen MR) is 59.6 cm³/mol. The highest BCUT2D eigenvalue weighted by Crippen LogP contribution is 2.08. The van der Waals surface area contributed by atoms with Crippen molar-refractivity contribution in [1.82, 2.24) is 19.9 Å². The van der Waals surface area contributed by atoms with Crippen molar-refractivity contribution in [2.45, 2.75) is 6.54 Å². The van der Waals surface area contributed by atoms with Gasteiger partial charge in [-0.05, 0) is 6.07 Å². The van der Waals surface area contributed by atoms with Crippen molar-refractivity contribution in [2.75, 3.05) is 12.8 Å². The van der Waals surface area contributed by atoms with Gasteiger partial charge in [0.05, 0.1) is 6.54 Å². The Labute approximate surface area is 92.5 Å². The fourth-order valence-electron chi connectivity index (χ4n) is 1.42. The third-order valence-electron chi connectivity index (χ3n) is 2.22. The number of anilines is 1. The maximum absolute atomic E-state index is 11.9. The molecule has 16 heavy (non-hydrogen) atoms. The van der Waals surface area contributed by atoms with E-state index in [9.17, 15) is 4.79 Å². The lowest BCUT2D eigenvalue weighted by Gasteiger charge is -2.14. The zero-order chi connectivity index (χ0) is 11.5. The van der Waals surface area contributed by atoms with Crippen LogP contribution in [0.15, 0.2) is 24.7 Å². The first kappa shape index (κ1) is 10.3. The van der Waals surface area contributed by atoms with Crippen molar-refractivity contribution in [2.24, 2.45) is 0 Å². The van der Waals surface area contributed by atoms with Crippen LogP contribution in [0, 0.1) is 0 Å². The zero-order valence-corrected chi connectivity index (χ0v) is 8.90. The number of aromatic nitrogens is 3. The number of nitrogens with two attached hydrogens (primary N) is 1. The molecule has 2 heterocycles. The Kier molecular flexibility index (Phi) is 2.63. The molecule has 6 nitrogen and oxygen atoms in total. The lowest BCUT2D eigenvalue weighted by atomic mass is 10.3. The van der Waals surface area contributed by atoms with Crippen LogP contribution in [0.1, 0.15) is 16.3 Å². The third-order valence-corrected chi connectivity index (χ3v) is 2.22. The summed E-state index contributed by atoms with van der Waals surface area (Å²) in [6.45, 7) is 0.435. The van der Waals surface area contributed by atoms with Gasteiger partial charge in [0, 0.05) is 31.3 Å². The molecule has 0 aliphatic rings. The molecule has 0 radical (unpaired) electrons. The summed E-state index contributed by atoms with van der Waals surface area (Å²) in [5, 5.41) is 0. The first-order valence-corrected chi connectivity index (χ1v) is 4.84. The second-order valence-electron chi connectivity index (χ2n) is 3.54. The topological polar surface area (TPSA) is 90.8 Å². The highest BCUT2D eigenvalue weighted by Gasteiger charge is 2.14. The minimum atomic E-state index is -0.117. The number of H-pyrrole nitrogens is 2. The summed E-state index contributed by atoms with van der Waals surface area (Å²) in [5.74, 6) is 0.628. The highest BCUT2D eigenvalue weighted by molar-refractivity contribution is 5.93. The molecule has 0 aliphatic carbocycles. The number of amides is 1. The van der Waals surface area contributed by atoms with E-state index in [2.05, 4.69) is 15.0 Å². The molecule has 0 fully saturated rings. The van der Waals surface area contributed by atoms with E-state index in [-0.39, 0.29) is 5.91 Å². The smallest absolute Gasteiger partial charge is 0.270 e. The molecule has 0 unspecified atom stereocenters. The van der Waals surface area contributed by atoms with Crippen molar-refractivity contribution < 1.29 is 4.79 Å². The number of hydrogen-bond acceptors (Lipinski definition) is 3. The van der Waals surface area contributed by atoms with Crippen LogP contribution in [0.2, 0.25) is 0 Å². The van der Waals surface area contributed by atoms with Crippen LogP contribution in [0.5, 0.6) is 0 Å². The molecule has 0 aliphatic heterocycles. The van der Waals surface area contributed by atoms with Gasteiger partial charge in [0.15, 0.2) is 0 Å². The Bertz CT molecular complexity index is 473. The summed E-state index contributed by atoms with van der Waals surface area (Å²) >= 11 is 0. The van der Waals surface area contributed by atoms with Gasteiger partial charge in [-0.15, -0.1) is 0 Å². The molecule has 4 N–H and O–H groups in total. The van der Waals surface area contributed by atoms with Crippen molar-refractivity contribution in [3.8, 4) is 0 Å². The molecule has 1 amide bonds. The van der Waals surface area contributed by atoms with E-state index < -0.39 is 0 Å². The Balaban J connectivity index is 2.05. The second-order valence-corrected chi connectivity index (χ2v) is 3.54. The number of rotatable bonds is 3. The molecular weight excluding hydrogens is 206 g/mol. The van der Waals surface area contributed by atoms with Gasteiger partial charge in [-0.3, -0.25) is 4.79 Å². The molecule has 0 saturated heterocycles. The summed E-state index contributed by atoms with van der Waals surface area (Å²) in [6, 6.07) is 1.61. The van der Waals surface area contributed by atoms with Crippen LogP contribution < -0.4 is 5.73 Å².